The summed E-state index contributed by atoms with van der Waals surface area (Å²) in [5, 5.41) is 3.32. The number of benzene rings is 4. The van der Waals surface area contributed by atoms with Gasteiger partial charge in [0.15, 0.2) is 0 Å². The predicted molar refractivity (Wildman–Crippen MR) is 179 cm³/mol. The van der Waals surface area contributed by atoms with Crippen molar-refractivity contribution in [2.45, 2.75) is 44.7 Å². The fraction of sp³-hybridized carbons (Fsp3) is 0.235. The number of rotatable bonds is 12. The van der Waals surface area contributed by atoms with Gasteiger partial charge in [0, 0.05) is 29.0 Å². The van der Waals surface area contributed by atoms with Crippen molar-refractivity contribution in [2.24, 2.45) is 0 Å². The summed E-state index contributed by atoms with van der Waals surface area (Å²) in [5.74, 6) is -0.850. The molecule has 0 saturated heterocycles. The van der Waals surface area contributed by atoms with Gasteiger partial charge in [0.25, 0.3) is 10.0 Å². The number of hydrogen-bond donors (Lipinski definition) is 1. The van der Waals surface area contributed by atoms with E-state index in [9.17, 15) is 18.0 Å². The van der Waals surface area contributed by atoms with E-state index in [1.54, 1.807) is 37.3 Å². The molecule has 0 radical (unpaired) electrons. The van der Waals surface area contributed by atoms with E-state index in [0.717, 1.165) is 25.5 Å². The number of nitrogens with one attached hydrogen (secondary N) is 1. The van der Waals surface area contributed by atoms with Crippen LogP contribution in [0.4, 0.5) is 5.69 Å². The first-order chi connectivity index (χ1) is 21.0. The van der Waals surface area contributed by atoms with Crippen LogP contribution in [0.15, 0.2) is 106 Å². The zero-order valence-electron chi connectivity index (χ0n) is 24.8. The van der Waals surface area contributed by atoms with E-state index in [1.807, 2.05) is 68.4 Å². The SMILES string of the molecule is CCNC(=O)[C@H](Cc1ccccc1)N(Cc1cccc(Br)c1)C(=O)CN(c1ccc(Cl)cc1C)S(=O)(=O)c1ccc(C)cc1. The number of carbonyl (C=O) groups excluding carboxylic acids is 2. The van der Waals surface area contributed by atoms with Crippen LogP contribution in [0.25, 0.3) is 0 Å². The molecular weight excluding hydrogens is 662 g/mol. The molecule has 4 aromatic carbocycles. The number of amides is 2. The molecule has 7 nitrogen and oxygen atoms in total. The van der Waals surface area contributed by atoms with Gasteiger partial charge in [-0.3, -0.25) is 13.9 Å². The van der Waals surface area contributed by atoms with Crippen LogP contribution in [0, 0.1) is 13.8 Å². The van der Waals surface area contributed by atoms with E-state index >= 15 is 0 Å². The maximum absolute atomic E-state index is 14.5. The lowest BCUT2D eigenvalue weighted by Gasteiger charge is -2.34. The highest BCUT2D eigenvalue weighted by Crippen LogP contribution is 2.30. The lowest BCUT2D eigenvalue weighted by molar-refractivity contribution is -0.140. The number of carbonyl (C=O) groups is 2. The fourth-order valence-corrected chi connectivity index (χ4v) is 7.08. The normalized spacial score (nSPS) is 11.9. The number of aryl methyl sites for hydroxylation is 2. The Balaban J connectivity index is 1.82. The summed E-state index contributed by atoms with van der Waals surface area (Å²) in [4.78, 5) is 29.6. The first-order valence-electron chi connectivity index (χ1n) is 14.2. The average molecular weight is 697 g/mol. The van der Waals surface area contributed by atoms with Gasteiger partial charge in [0.2, 0.25) is 11.8 Å². The molecule has 10 heteroatoms. The Kier molecular flexibility index (Phi) is 11.2. The second-order valence-electron chi connectivity index (χ2n) is 10.5. The van der Waals surface area contributed by atoms with Gasteiger partial charge in [-0.2, -0.15) is 0 Å². The van der Waals surface area contributed by atoms with E-state index in [0.29, 0.717) is 22.8 Å². The van der Waals surface area contributed by atoms with Gasteiger partial charge in [-0.05, 0) is 79.9 Å². The van der Waals surface area contributed by atoms with Crippen LogP contribution in [0.2, 0.25) is 5.02 Å². The minimum atomic E-state index is -4.19. The Morgan fingerprint density at radius 2 is 1.57 bits per heavy atom. The van der Waals surface area contributed by atoms with Crippen LogP contribution < -0.4 is 9.62 Å². The van der Waals surface area contributed by atoms with Crippen LogP contribution in [0.1, 0.15) is 29.2 Å². The zero-order valence-corrected chi connectivity index (χ0v) is 28.0. The summed E-state index contributed by atoms with van der Waals surface area (Å²) in [5.41, 5.74) is 3.46. The van der Waals surface area contributed by atoms with Crippen LogP contribution in [0.5, 0.6) is 0 Å². The van der Waals surface area contributed by atoms with Crippen molar-refractivity contribution in [1.82, 2.24) is 10.2 Å². The molecular formula is C34H35BrClN3O4S. The number of halogens is 2. The van der Waals surface area contributed by atoms with Crippen LogP contribution >= 0.6 is 27.5 Å². The minimum Gasteiger partial charge on any atom is -0.355 e. The number of nitrogens with zero attached hydrogens (tertiary/aromatic N) is 2. The quantitative estimate of drug-likeness (QED) is 0.179. The highest BCUT2D eigenvalue weighted by molar-refractivity contribution is 9.10. The molecule has 4 aromatic rings. The topological polar surface area (TPSA) is 86.8 Å². The van der Waals surface area contributed by atoms with Crippen molar-refractivity contribution in [1.29, 1.82) is 0 Å². The molecule has 0 bridgehead atoms. The van der Waals surface area contributed by atoms with Gasteiger partial charge in [-0.1, -0.05) is 87.7 Å². The first-order valence-corrected chi connectivity index (χ1v) is 16.8. The molecule has 0 unspecified atom stereocenters. The molecule has 1 atom stereocenters. The summed E-state index contributed by atoms with van der Waals surface area (Å²) in [6, 6.07) is 27.4. The van der Waals surface area contributed by atoms with Gasteiger partial charge >= 0.3 is 0 Å². The monoisotopic (exact) mass is 695 g/mol. The van der Waals surface area contributed by atoms with Gasteiger partial charge in [-0.25, -0.2) is 8.42 Å². The van der Waals surface area contributed by atoms with E-state index in [1.165, 1.54) is 17.0 Å². The number of sulfonamides is 1. The molecule has 230 valence electrons. The molecule has 0 spiro atoms. The first kappa shape index (κ1) is 33.2. The highest BCUT2D eigenvalue weighted by Gasteiger charge is 2.35. The second-order valence-corrected chi connectivity index (χ2v) is 13.7. The van der Waals surface area contributed by atoms with Crippen molar-refractivity contribution in [3.63, 3.8) is 0 Å². The predicted octanol–water partition coefficient (Wildman–Crippen LogP) is 6.69. The number of likely N-dealkylation sites (N-methyl/N-ethyl adjacent to an activating group) is 1. The molecule has 0 aliphatic carbocycles. The largest absolute Gasteiger partial charge is 0.355 e. The van der Waals surface area contributed by atoms with Crippen molar-refractivity contribution < 1.29 is 18.0 Å². The van der Waals surface area contributed by atoms with E-state index in [-0.39, 0.29) is 23.8 Å². The Morgan fingerprint density at radius 1 is 0.886 bits per heavy atom. The number of anilines is 1. The second kappa shape index (κ2) is 14.9. The lowest BCUT2D eigenvalue weighted by Crippen LogP contribution is -2.53. The van der Waals surface area contributed by atoms with Crippen LogP contribution in [0.3, 0.4) is 0 Å². The van der Waals surface area contributed by atoms with Crippen molar-refractivity contribution >= 4 is 55.1 Å². The summed E-state index contributed by atoms with van der Waals surface area (Å²) < 4.78 is 30.3. The van der Waals surface area contributed by atoms with E-state index < -0.39 is 28.5 Å². The third kappa shape index (κ3) is 8.28. The maximum Gasteiger partial charge on any atom is 0.264 e. The maximum atomic E-state index is 14.5. The summed E-state index contributed by atoms with van der Waals surface area (Å²) >= 11 is 9.72. The van der Waals surface area contributed by atoms with Gasteiger partial charge in [0.1, 0.15) is 12.6 Å². The highest BCUT2D eigenvalue weighted by atomic mass is 79.9. The summed E-state index contributed by atoms with van der Waals surface area (Å²) in [6.07, 6.45) is 0.247. The standard InChI is InChI=1S/C34H35BrClN3O4S/c1-4-37-34(41)32(21-26-9-6-5-7-10-26)38(22-27-11-8-12-28(35)20-27)33(40)23-39(31-18-15-29(36)19-25(31)3)44(42,43)30-16-13-24(2)14-17-30/h5-20,32H,4,21-23H2,1-3H3,(H,37,41)/t32-/m0/s1. The lowest BCUT2D eigenvalue weighted by atomic mass is 10.0. The van der Waals surface area contributed by atoms with Crippen molar-refractivity contribution in [2.75, 3.05) is 17.4 Å². The van der Waals surface area contributed by atoms with Crippen molar-refractivity contribution in [3.8, 4) is 0 Å². The third-order valence-electron chi connectivity index (χ3n) is 7.18. The van der Waals surface area contributed by atoms with Crippen molar-refractivity contribution in [3.05, 3.63) is 129 Å². The molecule has 0 fully saturated rings. The Bertz CT molecular complexity index is 1720. The zero-order chi connectivity index (χ0) is 31.9. The molecule has 0 aliphatic rings. The Hall–Kier alpha value is -3.66. The van der Waals surface area contributed by atoms with Gasteiger partial charge in [0.05, 0.1) is 10.6 Å². The van der Waals surface area contributed by atoms with Crippen LogP contribution in [-0.4, -0.2) is 44.3 Å². The molecule has 0 heterocycles. The van der Waals surface area contributed by atoms with Gasteiger partial charge in [-0.15, -0.1) is 0 Å². The molecule has 0 saturated carbocycles. The molecule has 1 N–H and O–H groups in total. The Labute approximate surface area is 273 Å². The Morgan fingerprint density at radius 3 is 2.20 bits per heavy atom. The molecule has 44 heavy (non-hydrogen) atoms. The average Bonchev–Trinajstić information content (AvgIpc) is 2.99. The van der Waals surface area contributed by atoms with E-state index in [2.05, 4.69) is 21.2 Å². The van der Waals surface area contributed by atoms with Gasteiger partial charge < -0.3 is 10.2 Å². The third-order valence-corrected chi connectivity index (χ3v) is 9.68. The molecule has 2 amide bonds. The molecule has 0 aliphatic heterocycles. The van der Waals surface area contributed by atoms with Crippen LogP contribution in [-0.2, 0) is 32.6 Å². The minimum absolute atomic E-state index is 0.0494. The van der Waals surface area contributed by atoms with E-state index in [4.69, 9.17) is 11.6 Å². The summed E-state index contributed by atoms with van der Waals surface area (Å²) in [6.45, 7) is 5.37. The smallest absolute Gasteiger partial charge is 0.264 e. The number of hydrogen-bond acceptors (Lipinski definition) is 4. The summed E-state index contributed by atoms with van der Waals surface area (Å²) in [7, 11) is -4.19. The molecule has 4 rings (SSSR count). The fourth-order valence-electron chi connectivity index (χ4n) is 4.93. The molecule has 0 aromatic heterocycles.